The van der Waals surface area contributed by atoms with Crippen LogP contribution in [0.5, 0.6) is 0 Å². The first-order chi connectivity index (χ1) is 9.29. The van der Waals surface area contributed by atoms with Gasteiger partial charge in [-0.05, 0) is 23.5 Å². The van der Waals surface area contributed by atoms with Gasteiger partial charge in [0.15, 0.2) is 0 Å². The number of carbonyl (C=O) groups is 2. The third-order valence-corrected chi connectivity index (χ3v) is 4.03. The van der Waals surface area contributed by atoms with Gasteiger partial charge in [0.25, 0.3) is 0 Å². The molecule has 0 aliphatic carbocycles. The molecule has 1 aliphatic heterocycles. The molecule has 2 amide bonds. The lowest BCUT2D eigenvalue weighted by Gasteiger charge is -2.32. The van der Waals surface area contributed by atoms with Crippen molar-refractivity contribution in [3.63, 3.8) is 0 Å². The van der Waals surface area contributed by atoms with Gasteiger partial charge in [-0.25, -0.2) is 0 Å². The summed E-state index contributed by atoms with van der Waals surface area (Å²) in [4.78, 5) is 25.8. The Hall–Kier alpha value is -1.84. The molecule has 1 heterocycles. The predicted octanol–water partition coefficient (Wildman–Crippen LogP) is 3.04. The molecule has 0 spiro atoms. The number of nitrogens with one attached hydrogen (secondary N) is 1. The minimum absolute atomic E-state index is 0.00900. The summed E-state index contributed by atoms with van der Waals surface area (Å²) in [6, 6.07) is 7.42. The second-order valence-corrected chi connectivity index (χ2v) is 6.52. The van der Waals surface area contributed by atoms with Crippen LogP contribution in [0.2, 0.25) is 0 Å². The highest BCUT2D eigenvalue weighted by atomic mass is 16.2. The molecule has 0 fully saturated rings. The summed E-state index contributed by atoms with van der Waals surface area (Å²) in [5, 5.41) is 2.80. The lowest BCUT2D eigenvalue weighted by atomic mass is 9.80. The Bertz CT molecular complexity index is 532. The maximum Gasteiger partial charge on any atom is 0.244 e. The van der Waals surface area contributed by atoms with Crippen LogP contribution in [-0.2, 0) is 9.59 Å². The van der Waals surface area contributed by atoms with Crippen LogP contribution in [0.15, 0.2) is 24.3 Å². The second-order valence-electron chi connectivity index (χ2n) is 6.52. The molecule has 4 nitrogen and oxygen atoms in total. The normalized spacial score (nSPS) is 16.4. The molecule has 1 aromatic carbocycles. The molecule has 1 aliphatic rings. The Morgan fingerprint density at radius 3 is 2.65 bits per heavy atom. The van der Waals surface area contributed by atoms with Gasteiger partial charge in [-0.1, -0.05) is 39.8 Å². The van der Waals surface area contributed by atoms with Crippen LogP contribution in [-0.4, -0.2) is 18.4 Å². The zero-order valence-corrected chi connectivity index (χ0v) is 12.6. The van der Waals surface area contributed by atoms with E-state index >= 15 is 0 Å². The monoisotopic (exact) mass is 274 g/mol. The van der Waals surface area contributed by atoms with E-state index in [0.29, 0.717) is 12.1 Å². The average molecular weight is 274 g/mol. The quantitative estimate of drug-likeness (QED) is 0.901. The third-order valence-electron chi connectivity index (χ3n) is 4.03. The van der Waals surface area contributed by atoms with Crippen LogP contribution in [0, 0.1) is 11.3 Å². The zero-order chi connectivity index (χ0) is 14.9. The fourth-order valence-corrected chi connectivity index (χ4v) is 2.13. The van der Waals surface area contributed by atoms with E-state index in [-0.39, 0.29) is 29.7 Å². The highest BCUT2D eigenvalue weighted by molar-refractivity contribution is 6.09. The SMILES string of the molecule is CC(CC(=O)N1CC(=O)Nc2ccccc21)C(C)(C)C. The summed E-state index contributed by atoms with van der Waals surface area (Å²) >= 11 is 0. The molecule has 0 aromatic heterocycles. The summed E-state index contributed by atoms with van der Waals surface area (Å²) in [7, 11) is 0. The third kappa shape index (κ3) is 3.00. The van der Waals surface area contributed by atoms with Crippen LogP contribution >= 0.6 is 0 Å². The molecule has 0 saturated carbocycles. The number of carbonyl (C=O) groups excluding carboxylic acids is 2. The molecule has 20 heavy (non-hydrogen) atoms. The second kappa shape index (κ2) is 5.27. The Morgan fingerprint density at radius 1 is 1.35 bits per heavy atom. The molecule has 108 valence electrons. The van der Waals surface area contributed by atoms with Crippen LogP contribution in [0.3, 0.4) is 0 Å². The van der Waals surface area contributed by atoms with Crippen LogP contribution in [0.1, 0.15) is 34.1 Å². The van der Waals surface area contributed by atoms with Gasteiger partial charge in [-0.2, -0.15) is 0 Å². The van der Waals surface area contributed by atoms with Crippen molar-refractivity contribution in [1.82, 2.24) is 0 Å². The standard InChI is InChI=1S/C16H22N2O2/c1-11(16(2,3)4)9-15(20)18-10-14(19)17-12-7-5-6-8-13(12)18/h5-8,11H,9-10H2,1-4H3,(H,17,19). The van der Waals surface area contributed by atoms with Gasteiger partial charge in [0.2, 0.25) is 11.8 Å². The Kier molecular flexibility index (Phi) is 3.84. The fourth-order valence-electron chi connectivity index (χ4n) is 2.13. The number of fused-ring (bicyclic) bond motifs is 1. The van der Waals surface area contributed by atoms with Crippen molar-refractivity contribution in [1.29, 1.82) is 0 Å². The molecular formula is C16H22N2O2. The largest absolute Gasteiger partial charge is 0.323 e. The molecule has 1 atom stereocenters. The first-order valence-corrected chi connectivity index (χ1v) is 6.98. The van der Waals surface area contributed by atoms with Crippen molar-refractivity contribution >= 4 is 23.2 Å². The van der Waals surface area contributed by atoms with Crippen LogP contribution in [0.25, 0.3) is 0 Å². The van der Waals surface area contributed by atoms with Gasteiger partial charge in [0.05, 0.1) is 11.4 Å². The van der Waals surface area contributed by atoms with Gasteiger partial charge in [0.1, 0.15) is 6.54 Å². The smallest absolute Gasteiger partial charge is 0.244 e. The van der Waals surface area contributed by atoms with E-state index in [2.05, 4.69) is 33.0 Å². The number of benzene rings is 1. The minimum atomic E-state index is -0.138. The summed E-state index contributed by atoms with van der Waals surface area (Å²) in [5.74, 6) is 0.127. The number of hydrogen-bond donors (Lipinski definition) is 1. The summed E-state index contributed by atoms with van der Waals surface area (Å²) < 4.78 is 0. The van der Waals surface area contributed by atoms with Crippen molar-refractivity contribution in [3.05, 3.63) is 24.3 Å². The molecule has 1 unspecified atom stereocenters. The van der Waals surface area contributed by atoms with E-state index in [0.717, 1.165) is 5.69 Å². The number of nitrogens with zero attached hydrogens (tertiary/aromatic N) is 1. The lowest BCUT2D eigenvalue weighted by molar-refractivity contribution is -0.123. The van der Waals surface area contributed by atoms with E-state index < -0.39 is 0 Å². The number of anilines is 2. The van der Waals surface area contributed by atoms with E-state index in [1.165, 1.54) is 0 Å². The van der Waals surface area contributed by atoms with Crippen molar-refractivity contribution in [2.45, 2.75) is 34.1 Å². The zero-order valence-electron chi connectivity index (χ0n) is 12.6. The van der Waals surface area contributed by atoms with Crippen molar-refractivity contribution < 1.29 is 9.59 Å². The van der Waals surface area contributed by atoms with Gasteiger partial charge in [0, 0.05) is 6.42 Å². The van der Waals surface area contributed by atoms with E-state index in [4.69, 9.17) is 0 Å². The van der Waals surface area contributed by atoms with Gasteiger partial charge < -0.3 is 10.2 Å². The molecule has 1 N–H and O–H groups in total. The molecule has 1 aromatic rings. The first kappa shape index (κ1) is 14.6. The van der Waals surface area contributed by atoms with E-state index in [9.17, 15) is 9.59 Å². The Balaban J connectivity index is 2.21. The first-order valence-electron chi connectivity index (χ1n) is 6.98. The fraction of sp³-hybridized carbons (Fsp3) is 0.500. The average Bonchev–Trinajstić information content (AvgIpc) is 2.36. The number of rotatable bonds is 2. The van der Waals surface area contributed by atoms with E-state index in [1.54, 1.807) is 4.90 Å². The lowest BCUT2D eigenvalue weighted by Crippen LogP contribution is -2.43. The number of hydrogen-bond acceptors (Lipinski definition) is 2. The summed E-state index contributed by atoms with van der Waals surface area (Å²) in [5.41, 5.74) is 1.58. The maximum atomic E-state index is 12.5. The summed E-state index contributed by atoms with van der Waals surface area (Å²) in [6.07, 6.45) is 0.450. The Morgan fingerprint density at radius 2 is 2.00 bits per heavy atom. The molecular weight excluding hydrogens is 252 g/mol. The topological polar surface area (TPSA) is 49.4 Å². The van der Waals surface area contributed by atoms with Crippen LogP contribution in [0.4, 0.5) is 11.4 Å². The maximum absolute atomic E-state index is 12.5. The molecule has 0 saturated heterocycles. The highest BCUT2D eigenvalue weighted by Gasteiger charge is 2.30. The summed E-state index contributed by atoms with van der Waals surface area (Å²) in [6.45, 7) is 8.56. The van der Waals surface area contributed by atoms with Gasteiger partial charge in [-0.15, -0.1) is 0 Å². The molecule has 0 radical (unpaired) electrons. The number of amides is 2. The molecule has 4 heteroatoms. The van der Waals surface area contributed by atoms with Crippen molar-refractivity contribution in [3.8, 4) is 0 Å². The van der Waals surface area contributed by atoms with Crippen molar-refractivity contribution in [2.75, 3.05) is 16.8 Å². The number of para-hydroxylation sites is 2. The predicted molar refractivity (Wildman–Crippen MR) is 80.7 cm³/mol. The van der Waals surface area contributed by atoms with Gasteiger partial charge >= 0.3 is 0 Å². The molecule has 2 rings (SSSR count). The minimum Gasteiger partial charge on any atom is -0.323 e. The van der Waals surface area contributed by atoms with E-state index in [1.807, 2.05) is 24.3 Å². The highest BCUT2D eigenvalue weighted by Crippen LogP contribution is 2.32. The van der Waals surface area contributed by atoms with Gasteiger partial charge in [-0.3, -0.25) is 9.59 Å². The van der Waals surface area contributed by atoms with Crippen LogP contribution < -0.4 is 10.2 Å². The van der Waals surface area contributed by atoms with Crippen molar-refractivity contribution in [2.24, 2.45) is 11.3 Å². The Labute approximate surface area is 120 Å². The molecule has 0 bridgehead atoms.